The first-order chi connectivity index (χ1) is 9.74. The van der Waals surface area contributed by atoms with Gasteiger partial charge in [-0.25, -0.2) is 9.97 Å². The minimum absolute atomic E-state index is 0.0540. The van der Waals surface area contributed by atoms with E-state index in [2.05, 4.69) is 15.3 Å². The predicted molar refractivity (Wildman–Crippen MR) is 75.6 cm³/mol. The normalized spacial score (nSPS) is 25.0. The summed E-state index contributed by atoms with van der Waals surface area (Å²) in [5, 5.41) is 12.4. The van der Waals surface area contributed by atoms with E-state index in [1.54, 1.807) is 12.4 Å². The molecule has 2 unspecified atom stereocenters. The van der Waals surface area contributed by atoms with Crippen LogP contribution in [0.4, 0.5) is 5.82 Å². The molecule has 106 valence electrons. The lowest BCUT2D eigenvalue weighted by Gasteiger charge is -2.16. The summed E-state index contributed by atoms with van der Waals surface area (Å²) >= 11 is 0. The molecule has 0 fully saturated rings. The third-order valence-corrected chi connectivity index (χ3v) is 4.10. The van der Waals surface area contributed by atoms with Crippen molar-refractivity contribution in [3.05, 3.63) is 29.7 Å². The molecule has 0 saturated carbocycles. The van der Waals surface area contributed by atoms with Crippen LogP contribution in [0.1, 0.15) is 36.9 Å². The summed E-state index contributed by atoms with van der Waals surface area (Å²) in [6, 6.07) is 0.0540. The molecule has 2 atom stereocenters. The third-order valence-electron chi connectivity index (χ3n) is 4.10. The Morgan fingerprint density at radius 3 is 2.85 bits per heavy atom. The van der Waals surface area contributed by atoms with Gasteiger partial charge in [0.05, 0.1) is 5.92 Å². The minimum atomic E-state index is -0.757. The number of rotatable bonds is 3. The van der Waals surface area contributed by atoms with Crippen LogP contribution in [0.2, 0.25) is 0 Å². The Hall–Kier alpha value is -1.91. The van der Waals surface area contributed by atoms with Crippen molar-refractivity contribution in [3.8, 4) is 0 Å². The second-order valence-corrected chi connectivity index (χ2v) is 5.52. The first-order valence-electron chi connectivity index (χ1n) is 7.24. The molecule has 20 heavy (non-hydrogen) atoms. The van der Waals surface area contributed by atoms with Crippen molar-refractivity contribution in [3.63, 3.8) is 0 Å². The van der Waals surface area contributed by atoms with Crippen molar-refractivity contribution < 1.29 is 9.90 Å². The highest BCUT2D eigenvalue weighted by atomic mass is 16.4. The highest BCUT2D eigenvalue weighted by Crippen LogP contribution is 2.27. The molecule has 0 spiro atoms. The maximum atomic E-state index is 11.0. The van der Waals surface area contributed by atoms with Crippen molar-refractivity contribution in [2.75, 3.05) is 5.32 Å². The van der Waals surface area contributed by atoms with Gasteiger partial charge in [-0.3, -0.25) is 4.79 Å². The van der Waals surface area contributed by atoms with E-state index in [1.165, 1.54) is 24.8 Å². The van der Waals surface area contributed by atoms with Gasteiger partial charge in [0.2, 0.25) is 0 Å². The summed E-state index contributed by atoms with van der Waals surface area (Å²) in [6.45, 7) is 0. The predicted octanol–water partition coefficient (Wildman–Crippen LogP) is 2.19. The topological polar surface area (TPSA) is 75.1 Å². The van der Waals surface area contributed by atoms with Crippen molar-refractivity contribution in [1.82, 2.24) is 9.97 Å². The molecule has 5 nitrogen and oxygen atoms in total. The summed E-state index contributed by atoms with van der Waals surface area (Å²) in [4.78, 5) is 19.7. The van der Waals surface area contributed by atoms with Crippen LogP contribution in [-0.4, -0.2) is 27.1 Å². The zero-order valence-electron chi connectivity index (χ0n) is 11.4. The van der Waals surface area contributed by atoms with E-state index in [0.717, 1.165) is 24.4 Å². The maximum Gasteiger partial charge on any atom is 0.310 e. The van der Waals surface area contributed by atoms with Crippen LogP contribution in [0, 0.1) is 5.92 Å². The van der Waals surface area contributed by atoms with Crippen molar-refractivity contribution in [1.29, 1.82) is 0 Å². The number of fused-ring (bicyclic) bond motifs is 1. The van der Waals surface area contributed by atoms with Crippen molar-refractivity contribution in [2.45, 2.75) is 44.6 Å². The number of carboxylic acid groups (broad SMARTS) is 1. The molecule has 2 N–H and O–H groups in total. The molecule has 1 aromatic heterocycles. The summed E-state index contributed by atoms with van der Waals surface area (Å²) in [5.41, 5.74) is 2.37. The SMILES string of the molecule is O=C(O)C1C=CC(Nc2ncnc3c2CCCCC3)C1. The molecule has 1 heterocycles. The van der Waals surface area contributed by atoms with Crippen LogP contribution < -0.4 is 5.32 Å². The molecular formula is C15H19N3O2. The van der Waals surface area contributed by atoms with Crippen LogP contribution >= 0.6 is 0 Å². The lowest BCUT2D eigenvalue weighted by molar-refractivity contribution is -0.140. The lowest BCUT2D eigenvalue weighted by atomic mass is 10.1. The van der Waals surface area contributed by atoms with E-state index in [-0.39, 0.29) is 12.0 Å². The molecule has 0 radical (unpaired) electrons. The van der Waals surface area contributed by atoms with Gasteiger partial charge in [-0.05, 0) is 32.1 Å². The monoisotopic (exact) mass is 273 g/mol. The van der Waals surface area contributed by atoms with E-state index >= 15 is 0 Å². The number of nitrogens with one attached hydrogen (secondary N) is 1. The Morgan fingerprint density at radius 2 is 2.05 bits per heavy atom. The Balaban J connectivity index is 1.75. The van der Waals surface area contributed by atoms with Gasteiger partial charge in [-0.1, -0.05) is 18.6 Å². The second kappa shape index (κ2) is 5.61. The summed E-state index contributed by atoms with van der Waals surface area (Å²) < 4.78 is 0. The van der Waals surface area contributed by atoms with Crippen molar-refractivity contribution >= 4 is 11.8 Å². The Bertz CT molecular complexity index is 542. The quantitative estimate of drug-likeness (QED) is 0.652. The zero-order chi connectivity index (χ0) is 13.9. The van der Waals surface area contributed by atoms with E-state index in [0.29, 0.717) is 6.42 Å². The van der Waals surface area contributed by atoms with Crippen LogP contribution in [0.15, 0.2) is 18.5 Å². The fourth-order valence-corrected chi connectivity index (χ4v) is 2.99. The van der Waals surface area contributed by atoms with Crippen LogP contribution in [0.25, 0.3) is 0 Å². The number of nitrogens with zero attached hydrogens (tertiary/aromatic N) is 2. The van der Waals surface area contributed by atoms with Gasteiger partial charge in [-0.15, -0.1) is 0 Å². The molecule has 5 heteroatoms. The average molecular weight is 273 g/mol. The molecule has 2 aliphatic carbocycles. The van der Waals surface area contributed by atoms with Gasteiger partial charge in [0, 0.05) is 17.3 Å². The van der Waals surface area contributed by atoms with Gasteiger partial charge >= 0.3 is 5.97 Å². The highest BCUT2D eigenvalue weighted by Gasteiger charge is 2.25. The molecular weight excluding hydrogens is 254 g/mol. The first kappa shape index (κ1) is 13.1. The molecule has 0 bridgehead atoms. The molecule has 3 rings (SSSR count). The first-order valence-corrected chi connectivity index (χ1v) is 7.24. The Kier molecular flexibility index (Phi) is 3.67. The van der Waals surface area contributed by atoms with Gasteiger partial charge in [0.1, 0.15) is 12.1 Å². The average Bonchev–Trinajstić information content (AvgIpc) is 2.76. The highest BCUT2D eigenvalue weighted by molar-refractivity contribution is 5.73. The number of hydrogen-bond acceptors (Lipinski definition) is 4. The fourth-order valence-electron chi connectivity index (χ4n) is 2.99. The molecule has 0 aliphatic heterocycles. The fraction of sp³-hybridized carbons (Fsp3) is 0.533. The number of carbonyl (C=O) groups is 1. The van der Waals surface area contributed by atoms with Crippen molar-refractivity contribution in [2.24, 2.45) is 5.92 Å². The number of carboxylic acids is 1. The van der Waals surface area contributed by atoms with Gasteiger partial charge < -0.3 is 10.4 Å². The lowest BCUT2D eigenvalue weighted by Crippen LogP contribution is -2.20. The third kappa shape index (κ3) is 2.66. The number of anilines is 1. The van der Waals surface area contributed by atoms with Gasteiger partial charge in [-0.2, -0.15) is 0 Å². The van der Waals surface area contributed by atoms with E-state index in [4.69, 9.17) is 5.11 Å². The standard InChI is InChI=1S/C15H19N3O2/c19-15(20)10-6-7-11(8-10)18-14-12-4-2-1-3-5-13(12)16-9-17-14/h6-7,9-11H,1-5,8H2,(H,19,20)(H,16,17,18). The van der Waals surface area contributed by atoms with E-state index < -0.39 is 5.97 Å². The molecule has 1 aromatic rings. The molecule has 2 aliphatic rings. The number of aliphatic carboxylic acids is 1. The summed E-state index contributed by atoms with van der Waals surface area (Å²) in [7, 11) is 0. The second-order valence-electron chi connectivity index (χ2n) is 5.52. The van der Waals surface area contributed by atoms with Gasteiger partial charge in [0.15, 0.2) is 0 Å². The minimum Gasteiger partial charge on any atom is -0.481 e. The van der Waals surface area contributed by atoms with Crippen LogP contribution in [0.3, 0.4) is 0 Å². The Labute approximate surface area is 118 Å². The number of aryl methyl sites for hydroxylation is 1. The largest absolute Gasteiger partial charge is 0.481 e. The molecule has 0 saturated heterocycles. The van der Waals surface area contributed by atoms with E-state index in [1.807, 2.05) is 6.08 Å². The maximum absolute atomic E-state index is 11.0. The Morgan fingerprint density at radius 1 is 1.20 bits per heavy atom. The summed E-state index contributed by atoms with van der Waals surface area (Å²) in [5.74, 6) is -0.252. The number of aromatic nitrogens is 2. The van der Waals surface area contributed by atoms with Crippen LogP contribution in [0.5, 0.6) is 0 Å². The zero-order valence-corrected chi connectivity index (χ0v) is 11.4. The smallest absolute Gasteiger partial charge is 0.310 e. The van der Waals surface area contributed by atoms with Gasteiger partial charge in [0.25, 0.3) is 0 Å². The number of hydrogen-bond donors (Lipinski definition) is 2. The van der Waals surface area contributed by atoms with E-state index in [9.17, 15) is 4.79 Å². The molecule has 0 aromatic carbocycles. The molecule has 0 amide bonds. The van der Waals surface area contributed by atoms with Crippen LogP contribution in [-0.2, 0) is 17.6 Å². The summed E-state index contributed by atoms with van der Waals surface area (Å²) in [6.07, 6.45) is 11.5.